The van der Waals surface area contributed by atoms with Crippen LogP contribution in [-0.4, -0.2) is 8.42 Å². The molecule has 0 radical (unpaired) electrons. The molecule has 0 fully saturated rings. The Bertz CT molecular complexity index is 661. The molecule has 0 amide bonds. The monoisotopic (exact) mass is 310 g/mol. The van der Waals surface area contributed by atoms with Crippen LogP contribution in [0.1, 0.15) is 16.7 Å². The maximum atomic E-state index is 12.0. The van der Waals surface area contributed by atoms with E-state index in [1.807, 2.05) is 31.2 Å². The van der Waals surface area contributed by atoms with Crippen LogP contribution in [0.25, 0.3) is 0 Å². The number of benzene rings is 2. The van der Waals surface area contributed by atoms with Gasteiger partial charge >= 0.3 is 0 Å². The van der Waals surface area contributed by atoms with Crippen LogP contribution in [0.5, 0.6) is 0 Å². The zero-order chi connectivity index (χ0) is 14.6. The highest BCUT2D eigenvalue weighted by Gasteiger charge is 2.14. The zero-order valence-electron chi connectivity index (χ0n) is 11.0. The van der Waals surface area contributed by atoms with E-state index in [2.05, 4.69) is 0 Å². The Morgan fingerprint density at radius 2 is 1.50 bits per heavy atom. The average molecular weight is 311 g/mol. The lowest BCUT2D eigenvalue weighted by molar-refractivity contribution is 0.308. The highest BCUT2D eigenvalue weighted by atomic mass is 35.5. The number of hydrogen-bond acceptors (Lipinski definition) is 3. The quantitative estimate of drug-likeness (QED) is 0.625. The highest BCUT2D eigenvalue weighted by Crippen LogP contribution is 2.16. The van der Waals surface area contributed by atoms with E-state index in [1.54, 1.807) is 24.3 Å². The van der Waals surface area contributed by atoms with Crippen molar-refractivity contribution in [2.75, 3.05) is 0 Å². The predicted molar refractivity (Wildman–Crippen MR) is 79.2 cm³/mol. The SMILES string of the molecule is Cc1ccc(S(=O)(=O)OCc2ccc(CCl)cc2)cc1. The Hall–Kier alpha value is -1.36. The van der Waals surface area contributed by atoms with Gasteiger partial charge in [-0.15, -0.1) is 11.6 Å². The van der Waals surface area contributed by atoms with Gasteiger partial charge in [-0.3, -0.25) is 4.18 Å². The maximum absolute atomic E-state index is 12.0. The molecule has 0 atom stereocenters. The van der Waals surface area contributed by atoms with Crippen LogP contribution in [0.4, 0.5) is 0 Å². The molecule has 0 saturated carbocycles. The minimum absolute atomic E-state index is 0.0127. The molecule has 0 aliphatic heterocycles. The molecule has 0 aliphatic rings. The van der Waals surface area contributed by atoms with Crippen molar-refractivity contribution < 1.29 is 12.6 Å². The Morgan fingerprint density at radius 3 is 2.05 bits per heavy atom. The van der Waals surface area contributed by atoms with Crippen LogP contribution in [0.15, 0.2) is 53.4 Å². The summed E-state index contributed by atoms with van der Waals surface area (Å²) in [6.45, 7) is 1.91. The molecule has 3 nitrogen and oxygen atoms in total. The van der Waals surface area contributed by atoms with Crippen LogP contribution in [0.2, 0.25) is 0 Å². The van der Waals surface area contributed by atoms with Crippen LogP contribution < -0.4 is 0 Å². The van der Waals surface area contributed by atoms with Crippen molar-refractivity contribution in [1.29, 1.82) is 0 Å². The van der Waals surface area contributed by atoms with Crippen LogP contribution in [-0.2, 0) is 26.8 Å². The number of halogens is 1. The van der Waals surface area contributed by atoms with Crippen molar-refractivity contribution in [2.45, 2.75) is 24.3 Å². The second kappa shape index (κ2) is 6.39. The van der Waals surface area contributed by atoms with Gasteiger partial charge in [-0.1, -0.05) is 42.0 Å². The summed E-state index contributed by atoms with van der Waals surface area (Å²) in [4.78, 5) is 0.167. The fraction of sp³-hybridized carbons (Fsp3) is 0.200. The summed E-state index contributed by atoms with van der Waals surface area (Å²) in [5.41, 5.74) is 2.77. The van der Waals surface area contributed by atoms with Gasteiger partial charge < -0.3 is 0 Å². The van der Waals surface area contributed by atoms with Crippen molar-refractivity contribution in [3.05, 3.63) is 65.2 Å². The van der Waals surface area contributed by atoms with E-state index in [0.717, 1.165) is 16.7 Å². The summed E-state index contributed by atoms with van der Waals surface area (Å²) >= 11 is 5.69. The summed E-state index contributed by atoms with van der Waals surface area (Å²) in [5.74, 6) is 0.433. The largest absolute Gasteiger partial charge is 0.297 e. The van der Waals surface area contributed by atoms with Crippen LogP contribution >= 0.6 is 11.6 Å². The van der Waals surface area contributed by atoms with Gasteiger partial charge in [-0.05, 0) is 30.2 Å². The van der Waals surface area contributed by atoms with Crippen molar-refractivity contribution in [3.63, 3.8) is 0 Å². The van der Waals surface area contributed by atoms with Crippen molar-refractivity contribution in [3.8, 4) is 0 Å². The molecule has 20 heavy (non-hydrogen) atoms. The number of alkyl halides is 1. The van der Waals surface area contributed by atoms with Crippen molar-refractivity contribution in [1.82, 2.24) is 0 Å². The molecular weight excluding hydrogens is 296 g/mol. The molecule has 5 heteroatoms. The molecule has 0 bridgehead atoms. The smallest absolute Gasteiger partial charge is 0.262 e. The lowest BCUT2D eigenvalue weighted by Crippen LogP contribution is -2.06. The summed E-state index contributed by atoms with van der Waals surface area (Å²) in [6.07, 6.45) is 0. The topological polar surface area (TPSA) is 43.4 Å². The molecule has 0 spiro atoms. The lowest BCUT2D eigenvalue weighted by Gasteiger charge is -2.06. The first-order chi connectivity index (χ1) is 9.51. The molecule has 0 N–H and O–H groups in total. The first-order valence-electron chi connectivity index (χ1n) is 6.11. The van der Waals surface area contributed by atoms with E-state index < -0.39 is 10.1 Å². The van der Waals surface area contributed by atoms with E-state index in [1.165, 1.54) is 0 Å². The number of rotatable bonds is 5. The molecule has 0 aliphatic carbocycles. The molecule has 0 aromatic heterocycles. The zero-order valence-corrected chi connectivity index (χ0v) is 12.6. The standard InChI is InChI=1S/C15H15ClO3S/c1-12-2-8-15(9-3-12)20(17,18)19-11-14-6-4-13(10-16)5-7-14/h2-9H,10-11H2,1H3. The van der Waals surface area contributed by atoms with E-state index in [9.17, 15) is 8.42 Å². The molecule has 2 aromatic rings. The normalized spacial score (nSPS) is 11.5. The summed E-state index contributed by atoms with van der Waals surface area (Å²) < 4.78 is 29.0. The second-order valence-corrected chi connectivity index (χ2v) is 6.36. The minimum Gasteiger partial charge on any atom is -0.262 e. The van der Waals surface area contributed by atoms with E-state index in [-0.39, 0.29) is 11.5 Å². The van der Waals surface area contributed by atoms with Gasteiger partial charge in [0.1, 0.15) is 0 Å². The molecule has 0 heterocycles. The number of hydrogen-bond donors (Lipinski definition) is 0. The van der Waals surface area contributed by atoms with Gasteiger partial charge in [-0.25, -0.2) is 0 Å². The van der Waals surface area contributed by atoms with Crippen LogP contribution in [0.3, 0.4) is 0 Å². The average Bonchev–Trinajstić information content (AvgIpc) is 2.46. The summed E-state index contributed by atoms with van der Waals surface area (Å²) in [5, 5.41) is 0. The second-order valence-electron chi connectivity index (χ2n) is 4.48. The summed E-state index contributed by atoms with van der Waals surface area (Å²) in [6, 6.07) is 13.9. The fourth-order valence-corrected chi connectivity index (χ4v) is 2.72. The first-order valence-corrected chi connectivity index (χ1v) is 8.05. The molecular formula is C15H15ClO3S. The van der Waals surface area contributed by atoms with Gasteiger partial charge in [0.2, 0.25) is 0 Å². The Morgan fingerprint density at radius 1 is 0.950 bits per heavy atom. The highest BCUT2D eigenvalue weighted by molar-refractivity contribution is 7.86. The third-order valence-corrected chi connectivity index (χ3v) is 4.45. The molecule has 106 valence electrons. The van der Waals surface area contributed by atoms with E-state index in [0.29, 0.717) is 5.88 Å². The van der Waals surface area contributed by atoms with Gasteiger partial charge in [0.25, 0.3) is 10.1 Å². The first kappa shape index (κ1) is 15.0. The fourth-order valence-electron chi connectivity index (χ4n) is 1.64. The van der Waals surface area contributed by atoms with Crippen molar-refractivity contribution in [2.24, 2.45) is 0 Å². The van der Waals surface area contributed by atoms with Gasteiger partial charge in [0.15, 0.2) is 0 Å². The van der Waals surface area contributed by atoms with Crippen LogP contribution in [0, 0.1) is 6.92 Å². The maximum Gasteiger partial charge on any atom is 0.297 e. The third-order valence-electron chi connectivity index (χ3n) is 2.87. The Kier molecular flexibility index (Phi) is 4.81. The van der Waals surface area contributed by atoms with Gasteiger partial charge in [0, 0.05) is 5.88 Å². The summed E-state index contributed by atoms with van der Waals surface area (Å²) in [7, 11) is -3.72. The number of aryl methyl sites for hydroxylation is 1. The molecule has 0 saturated heterocycles. The predicted octanol–water partition coefficient (Wildman–Crippen LogP) is 3.64. The molecule has 2 rings (SSSR count). The minimum atomic E-state index is -3.72. The Balaban J connectivity index is 2.06. The van der Waals surface area contributed by atoms with E-state index in [4.69, 9.17) is 15.8 Å². The van der Waals surface area contributed by atoms with Gasteiger partial charge in [-0.2, -0.15) is 8.42 Å². The van der Waals surface area contributed by atoms with Gasteiger partial charge in [0.05, 0.1) is 11.5 Å². The third kappa shape index (κ3) is 3.82. The lowest BCUT2D eigenvalue weighted by atomic mass is 10.2. The van der Waals surface area contributed by atoms with Crippen molar-refractivity contribution >= 4 is 21.7 Å². The molecule has 0 unspecified atom stereocenters. The van der Waals surface area contributed by atoms with E-state index >= 15 is 0 Å². The Labute approximate surface area is 124 Å². The molecule has 2 aromatic carbocycles.